The van der Waals surface area contributed by atoms with Gasteiger partial charge in [-0.15, -0.1) is 0 Å². The van der Waals surface area contributed by atoms with E-state index in [2.05, 4.69) is 12.2 Å². The van der Waals surface area contributed by atoms with Crippen LogP contribution in [0.25, 0.3) is 0 Å². The number of methoxy groups -OCH3 is 1. The van der Waals surface area contributed by atoms with Crippen LogP contribution in [-0.2, 0) is 0 Å². The Hall–Kier alpha value is -1.06. The number of rotatable bonds is 6. The van der Waals surface area contributed by atoms with E-state index in [0.29, 0.717) is 6.54 Å². The summed E-state index contributed by atoms with van der Waals surface area (Å²) in [5.41, 5.74) is 3.10. The predicted octanol–water partition coefficient (Wildman–Crippen LogP) is 2.35. The van der Waals surface area contributed by atoms with Crippen molar-refractivity contribution in [1.82, 2.24) is 5.32 Å². The lowest BCUT2D eigenvalue weighted by atomic mass is 10.00. The van der Waals surface area contributed by atoms with Crippen LogP contribution in [0.5, 0.6) is 5.75 Å². The van der Waals surface area contributed by atoms with Crippen LogP contribution in [-0.4, -0.2) is 25.3 Å². The van der Waals surface area contributed by atoms with Crippen LogP contribution in [0.4, 0.5) is 0 Å². The second-order valence-electron chi connectivity index (χ2n) is 4.40. The Morgan fingerprint density at radius 1 is 1.29 bits per heavy atom. The first-order valence-electron chi connectivity index (χ1n) is 6.14. The lowest BCUT2D eigenvalue weighted by Crippen LogP contribution is -2.22. The third kappa shape index (κ3) is 3.72. The molecule has 0 bridgehead atoms. The van der Waals surface area contributed by atoms with Gasteiger partial charge in [0.1, 0.15) is 5.75 Å². The number of hydrogen-bond acceptors (Lipinski definition) is 3. The lowest BCUT2D eigenvalue weighted by Gasteiger charge is -2.17. The second kappa shape index (κ2) is 6.62. The summed E-state index contributed by atoms with van der Waals surface area (Å²) in [4.78, 5) is 0. The molecule has 1 unspecified atom stereocenters. The zero-order chi connectivity index (χ0) is 12.8. The molecule has 17 heavy (non-hydrogen) atoms. The molecule has 0 aliphatic rings. The van der Waals surface area contributed by atoms with Gasteiger partial charge in [-0.05, 0) is 55.6 Å². The van der Waals surface area contributed by atoms with Crippen LogP contribution in [0.1, 0.15) is 36.1 Å². The topological polar surface area (TPSA) is 41.5 Å². The minimum atomic E-state index is -0.453. The van der Waals surface area contributed by atoms with E-state index in [0.717, 1.165) is 35.4 Å². The molecule has 1 atom stereocenters. The minimum absolute atomic E-state index is 0.453. The zero-order valence-corrected chi connectivity index (χ0v) is 11.2. The fourth-order valence-electron chi connectivity index (χ4n) is 1.92. The Morgan fingerprint density at radius 2 is 2.00 bits per heavy atom. The van der Waals surface area contributed by atoms with Gasteiger partial charge in [-0.2, -0.15) is 0 Å². The molecule has 1 aromatic rings. The van der Waals surface area contributed by atoms with E-state index >= 15 is 0 Å². The van der Waals surface area contributed by atoms with Gasteiger partial charge >= 0.3 is 0 Å². The minimum Gasteiger partial charge on any atom is -0.496 e. The summed E-state index contributed by atoms with van der Waals surface area (Å²) in [7, 11) is 1.67. The van der Waals surface area contributed by atoms with Gasteiger partial charge in [0, 0.05) is 6.54 Å². The van der Waals surface area contributed by atoms with Crippen molar-refractivity contribution in [3.63, 3.8) is 0 Å². The monoisotopic (exact) mass is 237 g/mol. The maximum atomic E-state index is 10.1. The summed E-state index contributed by atoms with van der Waals surface area (Å²) in [6, 6.07) is 3.99. The second-order valence-corrected chi connectivity index (χ2v) is 4.40. The number of nitrogens with one attached hydrogen (secondary N) is 1. The van der Waals surface area contributed by atoms with E-state index in [-0.39, 0.29) is 0 Å². The van der Waals surface area contributed by atoms with Gasteiger partial charge in [0.15, 0.2) is 0 Å². The summed E-state index contributed by atoms with van der Waals surface area (Å²) in [6.07, 6.45) is 0.624. The van der Waals surface area contributed by atoms with Crippen molar-refractivity contribution in [2.45, 2.75) is 33.3 Å². The standard InChI is InChI=1S/C14H23NO2/c1-5-6-15-9-13(16)12-7-11(3)14(17-4)8-10(12)2/h7-8,13,15-16H,5-6,9H2,1-4H3. The van der Waals surface area contributed by atoms with E-state index in [1.54, 1.807) is 7.11 Å². The van der Waals surface area contributed by atoms with Crippen LogP contribution in [0, 0.1) is 13.8 Å². The Morgan fingerprint density at radius 3 is 2.59 bits per heavy atom. The summed E-state index contributed by atoms with van der Waals surface area (Å²) in [6.45, 7) is 7.64. The van der Waals surface area contributed by atoms with Crippen molar-refractivity contribution >= 4 is 0 Å². The Balaban J connectivity index is 2.79. The lowest BCUT2D eigenvalue weighted by molar-refractivity contribution is 0.174. The van der Waals surface area contributed by atoms with E-state index in [4.69, 9.17) is 4.74 Å². The number of hydrogen-bond donors (Lipinski definition) is 2. The maximum Gasteiger partial charge on any atom is 0.122 e. The molecule has 0 spiro atoms. The largest absolute Gasteiger partial charge is 0.496 e. The molecule has 0 fully saturated rings. The molecule has 0 aliphatic heterocycles. The molecule has 0 radical (unpaired) electrons. The van der Waals surface area contributed by atoms with Gasteiger partial charge in [-0.25, -0.2) is 0 Å². The first kappa shape index (κ1) is 14.0. The van der Waals surface area contributed by atoms with Crippen LogP contribution in [0.15, 0.2) is 12.1 Å². The third-order valence-corrected chi connectivity index (χ3v) is 2.91. The van der Waals surface area contributed by atoms with Gasteiger partial charge in [-0.1, -0.05) is 6.92 Å². The highest BCUT2D eigenvalue weighted by Crippen LogP contribution is 2.26. The summed E-state index contributed by atoms with van der Waals surface area (Å²) in [5.74, 6) is 0.875. The summed E-state index contributed by atoms with van der Waals surface area (Å²) < 4.78 is 5.26. The van der Waals surface area contributed by atoms with Crippen molar-refractivity contribution in [2.24, 2.45) is 0 Å². The highest BCUT2D eigenvalue weighted by atomic mass is 16.5. The third-order valence-electron chi connectivity index (χ3n) is 2.91. The summed E-state index contributed by atoms with van der Waals surface area (Å²) in [5, 5.41) is 13.3. The average Bonchev–Trinajstić information content (AvgIpc) is 2.31. The normalized spacial score (nSPS) is 12.5. The molecule has 0 aliphatic carbocycles. The quantitative estimate of drug-likeness (QED) is 0.746. The van der Waals surface area contributed by atoms with Crippen LogP contribution >= 0.6 is 0 Å². The Kier molecular flexibility index (Phi) is 5.45. The number of benzene rings is 1. The van der Waals surface area contributed by atoms with E-state index < -0.39 is 6.10 Å². The van der Waals surface area contributed by atoms with Gasteiger partial charge in [0.2, 0.25) is 0 Å². The first-order valence-corrected chi connectivity index (χ1v) is 6.14. The smallest absolute Gasteiger partial charge is 0.122 e. The highest BCUT2D eigenvalue weighted by Gasteiger charge is 2.12. The highest BCUT2D eigenvalue weighted by molar-refractivity contribution is 5.42. The van der Waals surface area contributed by atoms with Crippen LogP contribution in [0.3, 0.4) is 0 Å². The van der Waals surface area contributed by atoms with Crippen molar-refractivity contribution < 1.29 is 9.84 Å². The number of aliphatic hydroxyl groups excluding tert-OH is 1. The molecule has 2 N–H and O–H groups in total. The van der Waals surface area contributed by atoms with Gasteiger partial charge in [0.05, 0.1) is 13.2 Å². The molecule has 0 amide bonds. The first-order chi connectivity index (χ1) is 8.10. The molecule has 0 aromatic heterocycles. The zero-order valence-electron chi connectivity index (χ0n) is 11.2. The van der Waals surface area contributed by atoms with E-state index in [1.807, 2.05) is 26.0 Å². The predicted molar refractivity (Wildman–Crippen MR) is 70.6 cm³/mol. The molecule has 1 aromatic carbocycles. The van der Waals surface area contributed by atoms with E-state index in [1.165, 1.54) is 0 Å². The molecule has 1 rings (SSSR count). The molecule has 0 heterocycles. The van der Waals surface area contributed by atoms with Crippen molar-refractivity contribution in [3.8, 4) is 5.75 Å². The number of aliphatic hydroxyl groups is 1. The molecule has 96 valence electrons. The molecule has 0 saturated carbocycles. The van der Waals surface area contributed by atoms with Crippen molar-refractivity contribution in [1.29, 1.82) is 0 Å². The molecule has 0 saturated heterocycles. The van der Waals surface area contributed by atoms with E-state index in [9.17, 15) is 5.11 Å². The molecule has 3 nitrogen and oxygen atoms in total. The van der Waals surface area contributed by atoms with Gasteiger partial charge in [-0.3, -0.25) is 0 Å². The number of aryl methyl sites for hydroxylation is 2. The fraction of sp³-hybridized carbons (Fsp3) is 0.571. The average molecular weight is 237 g/mol. The van der Waals surface area contributed by atoms with Crippen molar-refractivity contribution in [3.05, 3.63) is 28.8 Å². The SMILES string of the molecule is CCCNCC(O)c1cc(C)c(OC)cc1C. The van der Waals surface area contributed by atoms with Gasteiger partial charge < -0.3 is 15.2 Å². The molecular weight excluding hydrogens is 214 g/mol. The van der Waals surface area contributed by atoms with Crippen LogP contribution < -0.4 is 10.1 Å². The van der Waals surface area contributed by atoms with Crippen LogP contribution in [0.2, 0.25) is 0 Å². The Bertz CT molecular complexity index is 363. The summed E-state index contributed by atoms with van der Waals surface area (Å²) >= 11 is 0. The number of ether oxygens (including phenoxy) is 1. The molecule has 3 heteroatoms. The van der Waals surface area contributed by atoms with Crippen molar-refractivity contribution in [2.75, 3.05) is 20.2 Å². The molecular formula is C14H23NO2. The fourth-order valence-corrected chi connectivity index (χ4v) is 1.92. The Labute approximate surface area is 104 Å². The maximum absolute atomic E-state index is 10.1. The van der Waals surface area contributed by atoms with Gasteiger partial charge in [0.25, 0.3) is 0 Å².